The normalized spacial score (nSPS) is 11.0. The number of aliphatic hydroxyl groups excluding tert-OH is 2. The summed E-state index contributed by atoms with van der Waals surface area (Å²) in [7, 11) is 0. The van der Waals surface area contributed by atoms with E-state index in [0.29, 0.717) is 6.61 Å². The van der Waals surface area contributed by atoms with Crippen LogP contribution in [0.4, 0.5) is 0 Å². The van der Waals surface area contributed by atoms with Crippen molar-refractivity contribution < 1.29 is 24.4 Å². The highest BCUT2D eigenvalue weighted by atomic mass is 16.6. The van der Waals surface area contributed by atoms with Crippen molar-refractivity contribution in [2.75, 3.05) is 26.8 Å². The molecule has 96 valence electrons. The molecule has 5 heteroatoms. The van der Waals surface area contributed by atoms with E-state index in [2.05, 4.69) is 0 Å². The molecule has 0 bridgehead atoms. The number of aliphatic hydroxyl groups is 2. The van der Waals surface area contributed by atoms with E-state index >= 15 is 0 Å². The maximum Gasteiger partial charge on any atom is 0.143 e. The van der Waals surface area contributed by atoms with E-state index in [1.165, 1.54) is 0 Å². The molecule has 1 aromatic rings. The highest BCUT2D eigenvalue weighted by Gasteiger charge is 2.09. The van der Waals surface area contributed by atoms with Gasteiger partial charge in [0.15, 0.2) is 0 Å². The van der Waals surface area contributed by atoms with Crippen LogP contribution in [0.25, 0.3) is 0 Å². The first-order valence-corrected chi connectivity index (χ1v) is 5.39. The molecule has 2 N–H and O–H groups in total. The third-order valence-electron chi connectivity index (χ3n) is 2.12. The Morgan fingerprint density at radius 3 is 2.06 bits per heavy atom. The summed E-state index contributed by atoms with van der Waals surface area (Å²) in [5.41, 5.74) is 1.05. The molecule has 17 heavy (non-hydrogen) atoms. The first-order valence-electron chi connectivity index (χ1n) is 5.39. The highest BCUT2D eigenvalue weighted by molar-refractivity contribution is 5.13. The molecule has 0 aliphatic rings. The van der Waals surface area contributed by atoms with Crippen LogP contribution in [-0.4, -0.2) is 43.1 Å². The largest absolute Gasteiger partial charge is 0.371 e. The zero-order chi connectivity index (χ0) is 12.3. The molecule has 0 spiro atoms. The van der Waals surface area contributed by atoms with Crippen LogP contribution >= 0.6 is 0 Å². The summed E-state index contributed by atoms with van der Waals surface area (Å²) in [5.74, 6) is 0. The summed E-state index contributed by atoms with van der Waals surface area (Å²) < 4.78 is 15.3. The van der Waals surface area contributed by atoms with Crippen molar-refractivity contribution in [3.8, 4) is 0 Å². The topological polar surface area (TPSA) is 68.2 Å². The maximum absolute atomic E-state index is 8.56. The Labute approximate surface area is 101 Å². The van der Waals surface area contributed by atoms with Gasteiger partial charge in [-0.2, -0.15) is 0 Å². The Bertz CT molecular complexity index is 269. The quantitative estimate of drug-likeness (QED) is 0.617. The molecule has 0 heterocycles. The van der Waals surface area contributed by atoms with Crippen LogP contribution in [0, 0.1) is 0 Å². The molecule has 5 nitrogen and oxygen atoms in total. The maximum atomic E-state index is 8.56. The van der Waals surface area contributed by atoms with Crippen LogP contribution in [0.3, 0.4) is 0 Å². The molecule has 0 saturated carbocycles. The second kappa shape index (κ2) is 9.09. The van der Waals surface area contributed by atoms with E-state index in [-0.39, 0.29) is 32.9 Å². The first kappa shape index (κ1) is 14.1. The molecule has 0 atom stereocenters. The predicted molar refractivity (Wildman–Crippen MR) is 61.1 cm³/mol. The van der Waals surface area contributed by atoms with Gasteiger partial charge in [-0.15, -0.1) is 0 Å². The summed E-state index contributed by atoms with van der Waals surface area (Å²) in [4.78, 5) is 0. The fourth-order valence-corrected chi connectivity index (χ4v) is 1.30. The van der Waals surface area contributed by atoms with Gasteiger partial charge in [-0.05, 0) is 5.56 Å². The minimum absolute atomic E-state index is 0.226. The molecular formula is C12H18O5. The van der Waals surface area contributed by atoms with Gasteiger partial charge in [-0.3, -0.25) is 0 Å². The fourth-order valence-electron chi connectivity index (χ4n) is 1.30. The van der Waals surface area contributed by atoms with Crippen molar-refractivity contribution >= 4 is 0 Å². The summed E-state index contributed by atoms with van der Waals surface area (Å²) >= 11 is 0. The second-order valence-corrected chi connectivity index (χ2v) is 3.42. The monoisotopic (exact) mass is 242 g/mol. The summed E-state index contributed by atoms with van der Waals surface area (Å²) in [5, 5.41) is 17.1. The van der Waals surface area contributed by atoms with Crippen molar-refractivity contribution in [2.45, 2.75) is 12.7 Å². The molecule has 0 unspecified atom stereocenters. The molecular weight excluding hydrogens is 224 g/mol. The van der Waals surface area contributed by atoms with E-state index in [9.17, 15) is 0 Å². The number of rotatable bonds is 9. The molecule has 0 aliphatic carbocycles. The number of benzene rings is 1. The van der Waals surface area contributed by atoms with Gasteiger partial charge in [-0.25, -0.2) is 0 Å². The third-order valence-corrected chi connectivity index (χ3v) is 2.12. The van der Waals surface area contributed by atoms with Crippen LogP contribution in [0.5, 0.6) is 0 Å². The summed E-state index contributed by atoms with van der Waals surface area (Å²) in [6.45, 7) is 0.177. The lowest BCUT2D eigenvalue weighted by atomic mass is 10.2. The van der Waals surface area contributed by atoms with Crippen molar-refractivity contribution in [3.63, 3.8) is 0 Å². The van der Waals surface area contributed by atoms with Gasteiger partial charge < -0.3 is 24.4 Å². The van der Waals surface area contributed by atoms with Crippen molar-refractivity contribution in [2.24, 2.45) is 0 Å². The van der Waals surface area contributed by atoms with Gasteiger partial charge >= 0.3 is 0 Å². The molecule has 0 aliphatic heterocycles. The predicted octanol–water partition coefficient (Wildman–Crippen LogP) is 0.505. The van der Waals surface area contributed by atoms with Gasteiger partial charge in [0, 0.05) is 0 Å². The Morgan fingerprint density at radius 1 is 0.941 bits per heavy atom. The standard InChI is InChI=1S/C12H18O5/c13-9-15-7-12(8-16-10-14)17-6-11-4-2-1-3-5-11/h1-5,12-14H,6-10H2. The Balaban J connectivity index is 2.31. The molecule has 0 fully saturated rings. The van der Waals surface area contributed by atoms with E-state index in [1.807, 2.05) is 30.3 Å². The number of hydrogen-bond acceptors (Lipinski definition) is 5. The van der Waals surface area contributed by atoms with E-state index in [1.54, 1.807) is 0 Å². The smallest absolute Gasteiger partial charge is 0.143 e. The third kappa shape index (κ3) is 6.35. The minimum Gasteiger partial charge on any atom is -0.371 e. The zero-order valence-corrected chi connectivity index (χ0v) is 9.62. The van der Waals surface area contributed by atoms with Crippen LogP contribution in [0.2, 0.25) is 0 Å². The van der Waals surface area contributed by atoms with Gasteiger partial charge in [-0.1, -0.05) is 30.3 Å². The molecule has 1 aromatic carbocycles. The lowest BCUT2D eigenvalue weighted by molar-refractivity contribution is -0.112. The van der Waals surface area contributed by atoms with Crippen molar-refractivity contribution in [3.05, 3.63) is 35.9 Å². The van der Waals surface area contributed by atoms with Crippen LogP contribution < -0.4 is 0 Å². The van der Waals surface area contributed by atoms with Crippen molar-refractivity contribution in [1.82, 2.24) is 0 Å². The van der Waals surface area contributed by atoms with Crippen LogP contribution in [-0.2, 0) is 20.8 Å². The second-order valence-electron chi connectivity index (χ2n) is 3.42. The van der Waals surface area contributed by atoms with Crippen molar-refractivity contribution in [1.29, 1.82) is 0 Å². The van der Waals surface area contributed by atoms with E-state index in [0.717, 1.165) is 5.56 Å². The molecule has 1 rings (SSSR count). The van der Waals surface area contributed by atoms with Crippen LogP contribution in [0.15, 0.2) is 30.3 Å². The Hall–Kier alpha value is -0.980. The zero-order valence-electron chi connectivity index (χ0n) is 9.62. The number of hydrogen-bond donors (Lipinski definition) is 2. The average Bonchev–Trinajstić information content (AvgIpc) is 2.39. The van der Waals surface area contributed by atoms with E-state index < -0.39 is 0 Å². The first-order chi connectivity index (χ1) is 8.36. The lowest BCUT2D eigenvalue weighted by Gasteiger charge is -2.17. The van der Waals surface area contributed by atoms with Gasteiger partial charge in [0.25, 0.3) is 0 Å². The summed E-state index contributed by atoms with van der Waals surface area (Å²) in [6.07, 6.45) is -0.311. The average molecular weight is 242 g/mol. The summed E-state index contributed by atoms with van der Waals surface area (Å²) in [6, 6.07) is 9.71. The molecule has 0 amide bonds. The lowest BCUT2D eigenvalue weighted by Crippen LogP contribution is -2.26. The van der Waals surface area contributed by atoms with E-state index in [4.69, 9.17) is 24.4 Å². The SMILES string of the molecule is OCOCC(COCO)OCc1ccccc1. The fraction of sp³-hybridized carbons (Fsp3) is 0.500. The molecule has 0 aromatic heterocycles. The number of ether oxygens (including phenoxy) is 3. The van der Waals surface area contributed by atoms with Gasteiger partial charge in [0.2, 0.25) is 0 Å². The highest BCUT2D eigenvalue weighted by Crippen LogP contribution is 2.04. The minimum atomic E-state index is -0.357. The Morgan fingerprint density at radius 2 is 1.53 bits per heavy atom. The Kier molecular flexibility index (Phi) is 7.53. The van der Waals surface area contributed by atoms with Crippen LogP contribution in [0.1, 0.15) is 5.56 Å². The molecule has 0 radical (unpaired) electrons. The van der Waals surface area contributed by atoms with Gasteiger partial charge in [0.05, 0.1) is 19.8 Å². The van der Waals surface area contributed by atoms with Gasteiger partial charge in [0.1, 0.15) is 19.7 Å². The molecule has 0 saturated heterocycles.